The lowest BCUT2D eigenvalue weighted by molar-refractivity contribution is -0.104. The van der Waals surface area contributed by atoms with Gasteiger partial charge in [0.1, 0.15) is 6.29 Å². The molecule has 0 aliphatic rings. The number of allylic oxidation sites excluding steroid dienone is 3. The molecule has 0 saturated heterocycles. The Morgan fingerprint density at radius 3 is 2.43 bits per heavy atom. The van der Waals surface area contributed by atoms with Gasteiger partial charge in [0.05, 0.1) is 6.10 Å². The Labute approximate surface area is 130 Å². The number of aldehydes is 1. The first kappa shape index (κ1) is 17.6. The van der Waals surface area contributed by atoms with Crippen LogP contribution in [0, 0.1) is 5.41 Å². The average molecular weight is 301 g/mol. The van der Waals surface area contributed by atoms with Crippen LogP contribution in [-0.2, 0) is 9.22 Å². The van der Waals surface area contributed by atoms with Crippen LogP contribution in [0.3, 0.4) is 0 Å². The molecular formula is C18H25O2Si. The van der Waals surface area contributed by atoms with Crippen molar-refractivity contribution in [2.24, 2.45) is 5.41 Å². The van der Waals surface area contributed by atoms with E-state index < -0.39 is 9.04 Å². The number of carbonyl (C=O) groups excluding carboxylic acids is 1. The quantitative estimate of drug-likeness (QED) is 0.326. The van der Waals surface area contributed by atoms with E-state index in [1.165, 1.54) is 11.6 Å². The molecule has 0 spiro atoms. The third kappa shape index (κ3) is 6.23. The molecule has 0 bridgehead atoms. The standard InChI is InChI=1S/C18H25O2Si/c1-18(2,3)17(20-21(4)5)16-12-9-11-15(14-16)10-7-6-8-13-19/h6-14,17H,1-5H3/b8-6+,10-7+. The van der Waals surface area contributed by atoms with Gasteiger partial charge < -0.3 is 4.43 Å². The largest absolute Gasteiger partial charge is 0.410 e. The van der Waals surface area contributed by atoms with E-state index in [4.69, 9.17) is 4.43 Å². The van der Waals surface area contributed by atoms with Crippen LogP contribution in [0.5, 0.6) is 0 Å². The van der Waals surface area contributed by atoms with Crippen LogP contribution in [-0.4, -0.2) is 15.3 Å². The summed E-state index contributed by atoms with van der Waals surface area (Å²) in [5, 5.41) is 0. The fourth-order valence-electron chi connectivity index (χ4n) is 2.08. The number of hydrogen-bond donors (Lipinski definition) is 0. The summed E-state index contributed by atoms with van der Waals surface area (Å²) in [5.41, 5.74) is 2.37. The predicted octanol–water partition coefficient (Wildman–Crippen LogP) is 4.81. The minimum Gasteiger partial charge on any atom is -0.410 e. The number of rotatable bonds is 6. The fraction of sp³-hybridized carbons (Fsp3) is 0.389. The van der Waals surface area contributed by atoms with Crippen LogP contribution < -0.4 is 0 Å². The Morgan fingerprint density at radius 1 is 1.14 bits per heavy atom. The number of benzene rings is 1. The van der Waals surface area contributed by atoms with Gasteiger partial charge in [-0.25, -0.2) is 0 Å². The summed E-state index contributed by atoms with van der Waals surface area (Å²) in [6, 6.07) is 8.39. The van der Waals surface area contributed by atoms with Gasteiger partial charge >= 0.3 is 0 Å². The molecule has 0 N–H and O–H groups in total. The summed E-state index contributed by atoms with van der Waals surface area (Å²) in [7, 11) is -0.767. The van der Waals surface area contributed by atoms with Crippen LogP contribution >= 0.6 is 0 Å². The van der Waals surface area contributed by atoms with E-state index in [1.54, 1.807) is 6.08 Å². The minimum absolute atomic E-state index is 0.0572. The van der Waals surface area contributed by atoms with Gasteiger partial charge in [-0.3, -0.25) is 4.79 Å². The number of hydrogen-bond acceptors (Lipinski definition) is 2. The second-order valence-electron chi connectivity index (χ2n) is 6.32. The molecule has 1 rings (SSSR count). The molecule has 3 heteroatoms. The molecule has 0 heterocycles. The highest BCUT2D eigenvalue weighted by atomic mass is 28.3. The van der Waals surface area contributed by atoms with Crippen molar-refractivity contribution < 1.29 is 9.22 Å². The summed E-state index contributed by atoms with van der Waals surface area (Å²) in [5.74, 6) is 0. The maximum Gasteiger partial charge on any atom is 0.205 e. The van der Waals surface area contributed by atoms with Gasteiger partial charge in [-0.2, -0.15) is 0 Å². The van der Waals surface area contributed by atoms with E-state index in [0.29, 0.717) is 0 Å². The molecule has 1 radical (unpaired) electrons. The van der Waals surface area contributed by atoms with Crippen molar-refractivity contribution in [1.82, 2.24) is 0 Å². The zero-order valence-electron chi connectivity index (χ0n) is 13.6. The Morgan fingerprint density at radius 2 is 1.86 bits per heavy atom. The highest BCUT2D eigenvalue weighted by molar-refractivity contribution is 6.48. The molecule has 113 valence electrons. The normalized spacial score (nSPS) is 14.2. The predicted molar refractivity (Wildman–Crippen MR) is 91.4 cm³/mol. The second-order valence-corrected chi connectivity index (χ2v) is 8.37. The summed E-state index contributed by atoms with van der Waals surface area (Å²) in [6.45, 7) is 10.9. The zero-order valence-corrected chi connectivity index (χ0v) is 14.6. The molecule has 1 atom stereocenters. The lowest BCUT2D eigenvalue weighted by atomic mass is 9.84. The summed E-state index contributed by atoms with van der Waals surface area (Å²) >= 11 is 0. The van der Waals surface area contributed by atoms with E-state index in [-0.39, 0.29) is 11.5 Å². The van der Waals surface area contributed by atoms with Crippen LogP contribution in [0.15, 0.2) is 42.5 Å². The molecule has 1 aromatic rings. The van der Waals surface area contributed by atoms with E-state index >= 15 is 0 Å². The third-order valence-corrected chi connectivity index (χ3v) is 3.65. The van der Waals surface area contributed by atoms with E-state index in [9.17, 15) is 4.79 Å². The molecule has 21 heavy (non-hydrogen) atoms. The van der Waals surface area contributed by atoms with Crippen LogP contribution in [0.4, 0.5) is 0 Å². The van der Waals surface area contributed by atoms with Crippen LogP contribution in [0.25, 0.3) is 6.08 Å². The molecule has 0 fully saturated rings. The van der Waals surface area contributed by atoms with Gasteiger partial charge in [-0.05, 0) is 41.8 Å². The first-order valence-corrected chi connectivity index (χ1v) is 9.60. The van der Waals surface area contributed by atoms with E-state index in [1.807, 2.05) is 12.2 Å². The van der Waals surface area contributed by atoms with Gasteiger partial charge in [-0.1, -0.05) is 57.2 Å². The van der Waals surface area contributed by atoms with Crippen molar-refractivity contribution in [2.45, 2.75) is 40.0 Å². The van der Waals surface area contributed by atoms with Crippen molar-refractivity contribution in [3.8, 4) is 0 Å². The molecule has 2 nitrogen and oxygen atoms in total. The molecular weight excluding hydrogens is 276 g/mol. The SMILES string of the molecule is C[Si](C)OC(c1cccc(/C=C/C=C/C=O)c1)C(C)(C)C. The molecule has 1 aromatic carbocycles. The van der Waals surface area contributed by atoms with Gasteiger partial charge in [0.15, 0.2) is 0 Å². The minimum atomic E-state index is -0.767. The van der Waals surface area contributed by atoms with Gasteiger partial charge in [0, 0.05) is 0 Å². The first-order valence-electron chi connectivity index (χ1n) is 7.20. The third-order valence-electron chi connectivity index (χ3n) is 2.94. The van der Waals surface area contributed by atoms with Crippen molar-refractivity contribution in [1.29, 1.82) is 0 Å². The summed E-state index contributed by atoms with van der Waals surface area (Å²) < 4.78 is 6.22. The van der Waals surface area contributed by atoms with E-state index in [0.717, 1.165) is 11.8 Å². The smallest absolute Gasteiger partial charge is 0.205 e. The summed E-state index contributed by atoms with van der Waals surface area (Å²) in [6.07, 6.45) is 7.94. The second kappa shape index (κ2) is 8.10. The van der Waals surface area contributed by atoms with E-state index in [2.05, 4.69) is 58.1 Å². The van der Waals surface area contributed by atoms with Crippen molar-refractivity contribution >= 4 is 21.4 Å². The van der Waals surface area contributed by atoms with Crippen molar-refractivity contribution in [3.05, 3.63) is 53.6 Å². The highest BCUT2D eigenvalue weighted by Gasteiger charge is 2.28. The monoisotopic (exact) mass is 301 g/mol. The maximum absolute atomic E-state index is 10.2. The Bertz CT molecular complexity index is 510. The Kier molecular flexibility index (Phi) is 6.79. The van der Waals surface area contributed by atoms with Gasteiger partial charge in [0.2, 0.25) is 9.04 Å². The van der Waals surface area contributed by atoms with Crippen LogP contribution in [0.2, 0.25) is 13.1 Å². The molecule has 0 saturated carbocycles. The zero-order chi connectivity index (χ0) is 15.9. The Balaban J connectivity index is 3.02. The molecule has 0 aromatic heterocycles. The molecule has 1 unspecified atom stereocenters. The molecule has 0 aliphatic heterocycles. The topological polar surface area (TPSA) is 26.3 Å². The maximum atomic E-state index is 10.2. The fourth-order valence-corrected chi connectivity index (χ4v) is 3.04. The average Bonchev–Trinajstić information content (AvgIpc) is 2.40. The lowest BCUT2D eigenvalue weighted by Gasteiger charge is -2.33. The summed E-state index contributed by atoms with van der Waals surface area (Å²) in [4.78, 5) is 10.2. The molecule has 0 aliphatic carbocycles. The van der Waals surface area contributed by atoms with Gasteiger partial charge in [0.25, 0.3) is 0 Å². The van der Waals surface area contributed by atoms with Gasteiger partial charge in [-0.15, -0.1) is 0 Å². The number of carbonyl (C=O) groups is 1. The first-order chi connectivity index (χ1) is 9.84. The Hall–Kier alpha value is -1.45. The highest BCUT2D eigenvalue weighted by Crippen LogP contribution is 2.36. The van der Waals surface area contributed by atoms with Crippen molar-refractivity contribution in [2.75, 3.05) is 0 Å². The van der Waals surface area contributed by atoms with Crippen LogP contribution in [0.1, 0.15) is 38.0 Å². The lowest BCUT2D eigenvalue weighted by Crippen LogP contribution is -2.25. The molecule has 0 amide bonds. The van der Waals surface area contributed by atoms with Crippen molar-refractivity contribution in [3.63, 3.8) is 0 Å².